The van der Waals surface area contributed by atoms with Gasteiger partial charge in [-0.25, -0.2) is 0 Å². The van der Waals surface area contributed by atoms with E-state index in [0.29, 0.717) is 6.61 Å². The van der Waals surface area contributed by atoms with E-state index in [0.717, 1.165) is 0 Å². The Kier molecular flexibility index (Phi) is 3.55. The average molecular weight is 168 g/mol. The second-order valence-corrected chi connectivity index (χ2v) is 3.44. The Morgan fingerprint density at radius 1 is 1.36 bits per heavy atom. The fourth-order valence-corrected chi connectivity index (χ4v) is 0.898. The lowest BCUT2D eigenvalue weighted by Gasteiger charge is -2.06. The summed E-state index contributed by atoms with van der Waals surface area (Å²) in [5, 5.41) is 0. The van der Waals surface area contributed by atoms with E-state index in [9.17, 15) is 0 Å². The summed E-state index contributed by atoms with van der Waals surface area (Å²) >= 11 is 0. The monoisotopic (exact) mass is 168 g/mol. The van der Waals surface area contributed by atoms with Crippen molar-refractivity contribution in [3.63, 3.8) is 0 Å². The molecule has 0 radical (unpaired) electrons. The Morgan fingerprint density at radius 2 is 2.00 bits per heavy atom. The van der Waals surface area contributed by atoms with Gasteiger partial charge in [0.1, 0.15) is 0 Å². The molecule has 0 saturated carbocycles. The third-order valence-electron chi connectivity index (χ3n) is 1.36. The van der Waals surface area contributed by atoms with Crippen molar-refractivity contribution >= 4 is 9.24 Å². The first-order chi connectivity index (χ1) is 5.29. The van der Waals surface area contributed by atoms with Crippen molar-refractivity contribution in [1.29, 1.82) is 0 Å². The largest absolute Gasteiger partial charge is 0.370 e. The Morgan fingerprint density at radius 3 is 2.55 bits per heavy atom. The van der Waals surface area contributed by atoms with Gasteiger partial charge in [0.25, 0.3) is 0 Å². The van der Waals surface area contributed by atoms with Gasteiger partial charge in [0, 0.05) is 0 Å². The molecule has 0 fully saturated rings. The smallest absolute Gasteiger partial charge is 0.0725 e. The minimum atomic E-state index is 0.232. The predicted octanol–water partition coefficient (Wildman–Crippen LogP) is 2.42. The zero-order chi connectivity index (χ0) is 8.10. The highest BCUT2D eigenvalue weighted by Gasteiger charge is 1.93. The molecule has 1 nitrogen and oxygen atoms in total. The van der Waals surface area contributed by atoms with Crippen molar-refractivity contribution in [2.75, 3.05) is 0 Å². The van der Waals surface area contributed by atoms with Gasteiger partial charge in [-0.2, -0.15) is 0 Å². The summed E-state index contributed by atoms with van der Waals surface area (Å²) < 4.78 is 5.39. The molecule has 2 heteroatoms. The van der Waals surface area contributed by atoms with Gasteiger partial charge in [0.2, 0.25) is 0 Å². The highest BCUT2D eigenvalue weighted by atomic mass is 31.0. The van der Waals surface area contributed by atoms with Crippen molar-refractivity contribution < 1.29 is 4.74 Å². The molecule has 60 valence electrons. The van der Waals surface area contributed by atoms with Crippen LogP contribution in [0, 0.1) is 0 Å². The fourth-order valence-electron chi connectivity index (χ4n) is 0.802. The van der Waals surface area contributed by atoms with Crippen LogP contribution in [0.1, 0.15) is 12.5 Å². The summed E-state index contributed by atoms with van der Waals surface area (Å²) in [6.45, 7) is 2.71. The zero-order valence-corrected chi connectivity index (χ0v) is 7.81. The summed E-state index contributed by atoms with van der Waals surface area (Å²) in [5.74, 6) is 0.232. The lowest BCUT2D eigenvalue weighted by molar-refractivity contribution is 0.110. The van der Waals surface area contributed by atoms with E-state index in [1.807, 2.05) is 25.1 Å². The van der Waals surface area contributed by atoms with Crippen LogP contribution < -0.4 is 0 Å². The molecular weight excluding hydrogens is 155 g/mol. The maximum atomic E-state index is 5.39. The second kappa shape index (κ2) is 4.48. The number of benzene rings is 1. The van der Waals surface area contributed by atoms with Crippen LogP contribution in [0.15, 0.2) is 30.3 Å². The number of hydrogen-bond acceptors (Lipinski definition) is 1. The van der Waals surface area contributed by atoms with Crippen LogP contribution >= 0.6 is 9.24 Å². The van der Waals surface area contributed by atoms with Crippen LogP contribution in [0.2, 0.25) is 0 Å². The molecule has 1 aromatic carbocycles. The van der Waals surface area contributed by atoms with Crippen molar-refractivity contribution in [3.05, 3.63) is 35.9 Å². The molecule has 0 aliphatic carbocycles. The van der Waals surface area contributed by atoms with E-state index < -0.39 is 0 Å². The zero-order valence-electron chi connectivity index (χ0n) is 6.66. The molecule has 0 heterocycles. The summed E-state index contributed by atoms with van der Waals surface area (Å²) in [6, 6.07) is 10.2. The van der Waals surface area contributed by atoms with Crippen LogP contribution in [0.25, 0.3) is 0 Å². The normalized spacial score (nSPS) is 12.9. The molecule has 0 aromatic heterocycles. The lowest BCUT2D eigenvalue weighted by Crippen LogP contribution is -1.98. The molecule has 0 saturated heterocycles. The first-order valence-electron chi connectivity index (χ1n) is 3.70. The SMILES string of the molecule is CC(P)OCc1ccccc1. The Balaban J connectivity index is 2.39. The topological polar surface area (TPSA) is 9.23 Å². The first-order valence-corrected chi connectivity index (χ1v) is 4.37. The van der Waals surface area contributed by atoms with Gasteiger partial charge >= 0.3 is 0 Å². The fraction of sp³-hybridized carbons (Fsp3) is 0.333. The molecule has 2 unspecified atom stereocenters. The van der Waals surface area contributed by atoms with Crippen LogP contribution in [0.4, 0.5) is 0 Å². The molecule has 0 N–H and O–H groups in total. The van der Waals surface area contributed by atoms with E-state index in [2.05, 4.69) is 21.4 Å². The molecule has 11 heavy (non-hydrogen) atoms. The molecule has 0 spiro atoms. The lowest BCUT2D eigenvalue weighted by atomic mass is 10.2. The van der Waals surface area contributed by atoms with E-state index in [1.165, 1.54) is 5.56 Å². The summed E-state index contributed by atoms with van der Waals surface area (Å²) in [4.78, 5) is 0. The molecule has 0 amide bonds. The van der Waals surface area contributed by atoms with Crippen LogP contribution in [0.5, 0.6) is 0 Å². The maximum absolute atomic E-state index is 5.39. The Hall–Kier alpha value is -0.390. The third kappa shape index (κ3) is 3.50. The van der Waals surface area contributed by atoms with Crippen molar-refractivity contribution in [1.82, 2.24) is 0 Å². The highest BCUT2D eigenvalue weighted by molar-refractivity contribution is 7.17. The van der Waals surface area contributed by atoms with Gasteiger partial charge < -0.3 is 4.74 Å². The highest BCUT2D eigenvalue weighted by Crippen LogP contribution is 2.06. The molecule has 0 aliphatic heterocycles. The Labute approximate surface area is 70.0 Å². The van der Waals surface area contributed by atoms with Crippen molar-refractivity contribution in [2.24, 2.45) is 0 Å². The quantitative estimate of drug-likeness (QED) is 0.630. The van der Waals surface area contributed by atoms with Crippen LogP contribution in [-0.4, -0.2) is 5.85 Å². The second-order valence-electron chi connectivity index (χ2n) is 2.50. The van der Waals surface area contributed by atoms with E-state index >= 15 is 0 Å². The molecule has 1 aromatic rings. The van der Waals surface area contributed by atoms with Gasteiger partial charge in [0.15, 0.2) is 0 Å². The van der Waals surface area contributed by atoms with Crippen molar-refractivity contribution in [2.45, 2.75) is 19.4 Å². The number of ether oxygens (including phenoxy) is 1. The minimum absolute atomic E-state index is 0.232. The maximum Gasteiger partial charge on any atom is 0.0725 e. The molecule has 0 aliphatic rings. The predicted molar refractivity (Wildman–Crippen MR) is 50.4 cm³/mol. The first kappa shape index (κ1) is 8.70. The standard InChI is InChI=1S/C9H13OP/c1-8(11)10-7-9-5-3-2-4-6-9/h2-6,8H,7,11H2,1H3. The van der Waals surface area contributed by atoms with Gasteiger partial charge in [-0.15, -0.1) is 9.24 Å². The van der Waals surface area contributed by atoms with Crippen LogP contribution in [0.3, 0.4) is 0 Å². The molecule has 0 bridgehead atoms. The molecule has 1 rings (SSSR count). The van der Waals surface area contributed by atoms with Gasteiger partial charge in [0.05, 0.1) is 12.5 Å². The number of hydrogen-bond donors (Lipinski definition) is 0. The summed E-state index contributed by atoms with van der Waals surface area (Å²) in [6.07, 6.45) is 0. The van der Waals surface area contributed by atoms with Gasteiger partial charge in [-0.05, 0) is 12.5 Å². The third-order valence-corrected chi connectivity index (χ3v) is 1.55. The van der Waals surface area contributed by atoms with Gasteiger partial charge in [-0.3, -0.25) is 0 Å². The van der Waals surface area contributed by atoms with E-state index in [-0.39, 0.29) is 5.85 Å². The van der Waals surface area contributed by atoms with Crippen LogP contribution in [-0.2, 0) is 11.3 Å². The average Bonchev–Trinajstić information content (AvgIpc) is 2.03. The molecular formula is C9H13OP. The number of rotatable bonds is 3. The minimum Gasteiger partial charge on any atom is -0.370 e. The van der Waals surface area contributed by atoms with E-state index in [4.69, 9.17) is 4.74 Å². The molecule has 2 atom stereocenters. The summed E-state index contributed by atoms with van der Waals surface area (Å²) in [7, 11) is 2.61. The van der Waals surface area contributed by atoms with Gasteiger partial charge in [-0.1, -0.05) is 30.3 Å². The Bertz CT molecular complexity index is 196. The van der Waals surface area contributed by atoms with E-state index in [1.54, 1.807) is 0 Å². The van der Waals surface area contributed by atoms with Crippen molar-refractivity contribution in [3.8, 4) is 0 Å². The summed E-state index contributed by atoms with van der Waals surface area (Å²) in [5.41, 5.74) is 1.22.